The van der Waals surface area contributed by atoms with Crippen LogP contribution in [0.15, 0.2) is 48.5 Å². The zero-order valence-electron chi connectivity index (χ0n) is 12.0. The summed E-state index contributed by atoms with van der Waals surface area (Å²) in [6, 6.07) is 15.3. The molecule has 1 atom stereocenters. The Balaban J connectivity index is 2.12. The van der Waals surface area contributed by atoms with Gasteiger partial charge in [0.05, 0.1) is 13.2 Å². The first-order chi connectivity index (χ1) is 9.61. The van der Waals surface area contributed by atoms with E-state index in [1.807, 2.05) is 56.3 Å². The van der Waals surface area contributed by atoms with E-state index < -0.39 is 0 Å². The van der Waals surface area contributed by atoms with E-state index in [4.69, 9.17) is 4.74 Å². The van der Waals surface area contributed by atoms with Gasteiger partial charge in [0.1, 0.15) is 5.75 Å². The van der Waals surface area contributed by atoms with Crippen molar-refractivity contribution in [3.8, 4) is 5.75 Å². The van der Waals surface area contributed by atoms with Crippen LogP contribution in [0.2, 0.25) is 0 Å². The number of ether oxygens (including phenoxy) is 1. The third-order valence-corrected chi connectivity index (χ3v) is 3.32. The van der Waals surface area contributed by atoms with Crippen LogP contribution in [-0.2, 0) is 0 Å². The largest absolute Gasteiger partial charge is 0.496 e. The molecule has 0 heterocycles. The first-order valence-electron chi connectivity index (χ1n) is 6.62. The first-order valence-corrected chi connectivity index (χ1v) is 6.62. The number of nitrogens with one attached hydrogen (secondary N) is 1. The highest BCUT2D eigenvalue weighted by atomic mass is 16.5. The van der Waals surface area contributed by atoms with Crippen LogP contribution in [0.5, 0.6) is 5.75 Å². The third-order valence-electron chi connectivity index (χ3n) is 3.32. The molecule has 104 valence electrons. The van der Waals surface area contributed by atoms with Gasteiger partial charge in [0.15, 0.2) is 0 Å². The van der Waals surface area contributed by atoms with Gasteiger partial charge in [-0.25, -0.2) is 0 Å². The van der Waals surface area contributed by atoms with Crippen molar-refractivity contribution in [1.29, 1.82) is 0 Å². The molecule has 0 saturated carbocycles. The Bertz CT molecular complexity index is 593. The molecule has 0 bridgehead atoms. The van der Waals surface area contributed by atoms with E-state index in [2.05, 4.69) is 5.32 Å². The van der Waals surface area contributed by atoms with Gasteiger partial charge in [-0.15, -0.1) is 0 Å². The molecule has 1 amide bonds. The van der Waals surface area contributed by atoms with E-state index in [1.165, 1.54) is 0 Å². The van der Waals surface area contributed by atoms with Crippen LogP contribution in [0.25, 0.3) is 0 Å². The van der Waals surface area contributed by atoms with Crippen LogP contribution < -0.4 is 10.1 Å². The summed E-state index contributed by atoms with van der Waals surface area (Å²) in [5.74, 6) is 0.629. The highest BCUT2D eigenvalue weighted by molar-refractivity contribution is 5.95. The van der Waals surface area contributed by atoms with Crippen molar-refractivity contribution in [2.24, 2.45) is 0 Å². The van der Waals surface area contributed by atoms with Crippen molar-refractivity contribution in [2.45, 2.75) is 19.9 Å². The normalized spacial score (nSPS) is 11.8. The number of hydrogen-bond donors (Lipinski definition) is 1. The Morgan fingerprint density at radius 2 is 1.85 bits per heavy atom. The summed E-state index contributed by atoms with van der Waals surface area (Å²) in [5.41, 5.74) is 2.70. The maximum Gasteiger partial charge on any atom is 0.251 e. The average Bonchev–Trinajstić information content (AvgIpc) is 2.48. The van der Waals surface area contributed by atoms with Crippen LogP contribution >= 0.6 is 0 Å². The monoisotopic (exact) mass is 269 g/mol. The fourth-order valence-corrected chi connectivity index (χ4v) is 2.07. The SMILES string of the molecule is COc1cc(C(=O)N[C@H](C)c2ccccc2)ccc1C. The minimum atomic E-state index is -0.0975. The van der Waals surface area contributed by atoms with Crippen LogP contribution in [0.1, 0.15) is 34.5 Å². The molecule has 0 aliphatic carbocycles. The molecule has 0 aliphatic heterocycles. The molecule has 3 heteroatoms. The maximum atomic E-state index is 12.2. The minimum Gasteiger partial charge on any atom is -0.496 e. The summed E-state index contributed by atoms with van der Waals surface area (Å²) < 4.78 is 5.25. The van der Waals surface area contributed by atoms with Crippen LogP contribution in [0, 0.1) is 6.92 Å². The van der Waals surface area contributed by atoms with Gasteiger partial charge in [0.25, 0.3) is 5.91 Å². The second-order valence-corrected chi connectivity index (χ2v) is 4.79. The standard InChI is InChI=1S/C17H19NO2/c1-12-9-10-15(11-16(12)20-3)17(19)18-13(2)14-7-5-4-6-8-14/h4-11,13H,1-3H3,(H,18,19)/t13-/m1/s1. The molecule has 0 radical (unpaired) electrons. The van der Waals surface area contributed by atoms with Crippen LogP contribution in [0.3, 0.4) is 0 Å². The summed E-state index contributed by atoms with van der Waals surface area (Å²) in [6.45, 7) is 3.92. The Morgan fingerprint density at radius 3 is 2.50 bits per heavy atom. The lowest BCUT2D eigenvalue weighted by molar-refractivity contribution is 0.0939. The van der Waals surface area contributed by atoms with E-state index in [-0.39, 0.29) is 11.9 Å². The number of rotatable bonds is 4. The average molecular weight is 269 g/mol. The lowest BCUT2D eigenvalue weighted by Gasteiger charge is -2.15. The van der Waals surface area contributed by atoms with Gasteiger partial charge in [-0.3, -0.25) is 4.79 Å². The minimum absolute atomic E-state index is 0.0315. The molecule has 0 saturated heterocycles. The number of carbonyl (C=O) groups excluding carboxylic acids is 1. The molecule has 0 aromatic heterocycles. The lowest BCUT2D eigenvalue weighted by atomic mass is 10.1. The third kappa shape index (κ3) is 3.18. The predicted octanol–water partition coefficient (Wildman–Crippen LogP) is 3.49. The van der Waals surface area contributed by atoms with Gasteiger partial charge < -0.3 is 10.1 Å². The Morgan fingerprint density at radius 1 is 1.15 bits per heavy atom. The van der Waals surface area contributed by atoms with Crippen molar-refractivity contribution >= 4 is 5.91 Å². The van der Waals surface area contributed by atoms with Crippen molar-refractivity contribution in [1.82, 2.24) is 5.32 Å². The van der Waals surface area contributed by atoms with Gasteiger partial charge in [-0.2, -0.15) is 0 Å². The fraction of sp³-hybridized carbons (Fsp3) is 0.235. The number of benzene rings is 2. The number of methoxy groups -OCH3 is 1. The molecule has 1 N–H and O–H groups in total. The molecule has 2 rings (SSSR count). The molecule has 3 nitrogen and oxygen atoms in total. The molecule has 0 spiro atoms. The molecular formula is C17H19NO2. The molecule has 20 heavy (non-hydrogen) atoms. The number of amides is 1. The highest BCUT2D eigenvalue weighted by Gasteiger charge is 2.12. The zero-order chi connectivity index (χ0) is 14.5. The molecule has 2 aromatic carbocycles. The maximum absolute atomic E-state index is 12.2. The number of aryl methyl sites for hydroxylation is 1. The van der Waals surface area contributed by atoms with Crippen molar-refractivity contribution in [2.75, 3.05) is 7.11 Å². The number of carbonyl (C=O) groups is 1. The fourth-order valence-electron chi connectivity index (χ4n) is 2.07. The summed E-state index contributed by atoms with van der Waals surface area (Å²) in [5, 5.41) is 2.99. The Kier molecular flexibility index (Phi) is 4.41. The summed E-state index contributed by atoms with van der Waals surface area (Å²) >= 11 is 0. The summed E-state index contributed by atoms with van der Waals surface area (Å²) in [6.07, 6.45) is 0. The Labute approximate surface area is 119 Å². The second-order valence-electron chi connectivity index (χ2n) is 4.79. The quantitative estimate of drug-likeness (QED) is 0.922. The van der Waals surface area contributed by atoms with Crippen molar-refractivity contribution < 1.29 is 9.53 Å². The van der Waals surface area contributed by atoms with E-state index in [0.717, 1.165) is 16.9 Å². The van der Waals surface area contributed by atoms with Gasteiger partial charge in [0, 0.05) is 5.56 Å². The van der Waals surface area contributed by atoms with Crippen LogP contribution in [-0.4, -0.2) is 13.0 Å². The molecule has 2 aromatic rings. The zero-order valence-corrected chi connectivity index (χ0v) is 12.0. The molecule has 0 unspecified atom stereocenters. The van der Waals surface area contributed by atoms with Gasteiger partial charge in [0.2, 0.25) is 0 Å². The summed E-state index contributed by atoms with van der Waals surface area (Å²) in [4.78, 5) is 12.2. The molecular weight excluding hydrogens is 250 g/mol. The van der Waals surface area contributed by atoms with E-state index in [1.54, 1.807) is 13.2 Å². The van der Waals surface area contributed by atoms with E-state index >= 15 is 0 Å². The predicted molar refractivity (Wildman–Crippen MR) is 80.1 cm³/mol. The smallest absolute Gasteiger partial charge is 0.251 e. The Hall–Kier alpha value is -2.29. The van der Waals surface area contributed by atoms with Gasteiger partial charge in [-0.05, 0) is 37.1 Å². The van der Waals surface area contributed by atoms with Crippen molar-refractivity contribution in [3.05, 3.63) is 65.2 Å². The van der Waals surface area contributed by atoms with Gasteiger partial charge >= 0.3 is 0 Å². The molecule has 0 fully saturated rings. The lowest BCUT2D eigenvalue weighted by Crippen LogP contribution is -2.26. The summed E-state index contributed by atoms with van der Waals surface area (Å²) in [7, 11) is 1.61. The van der Waals surface area contributed by atoms with E-state index in [0.29, 0.717) is 5.56 Å². The second kappa shape index (κ2) is 6.24. The highest BCUT2D eigenvalue weighted by Crippen LogP contribution is 2.20. The molecule has 0 aliphatic rings. The first kappa shape index (κ1) is 14.1. The van der Waals surface area contributed by atoms with E-state index in [9.17, 15) is 4.79 Å². The van der Waals surface area contributed by atoms with Crippen molar-refractivity contribution in [3.63, 3.8) is 0 Å². The topological polar surface area (TPSA) is 38.3 Å². The van der Waals surface area contributed by atoms with Crippen LogP contribution in [0.4, 0.5) is 0 Å². The van der Waals surface area contributed by atoms with Gasteiger partial charge in [-0.1, -0.05) is 36.4 Å². The number of hydrogen-bond acceptors (Lipinski definition) is 2.